The van der Waals surface area contributed by atoms with E-state index in [1.165, 1.54) is 0 Å². The van der Waals surface area contributed by atoms with E-state index in [2.05, 4.69) is 9.97 Å². The standard InChI is InChI=1S/C13H12N4O/c14-7-1-4-11-12(5-7)17-13(16-11)9-6-8(18)2-3-10(9)15/h1-6,18H,14-15H2,(H,16,17). The predicted molar refractivity (Wildman–Crippen MR) is 72.0 cm³/mol. The van der Waals surface area contributed by atoms with Crippen molar-refractivity contribution >= 4 is 22.4 Å². The normalized spacial score (nSPS) is 10.9. The number of anilines is 2. The van der Waals surface area contributed by atoms with E-state index < -0.39 is 0 Å². The van der Waals surface area contributed by atoms with Gasteiger partial charge in [-0.05, 0) is 36.4 Å². The third-order valence-electron chi connectivity index (χ3n) is 2.80. The van der Waals surface area contributed by atoms with Gasteiger partial charge < -0.3 is 21.6 Å². The van der Waals surface area contributed by atoms with Crippen molar-refractivity contribution in [2.45, 2.75) is 0 Å². The van der Waals surface area contributed by atoms with Gasteiger partial charge in [0, 0.05) is 16.9 Å². The lowest BCUT2D eigenvalue weighted by Gasteiger charge is -2.02. The summed E-state index contributed by atoms with van der Waals surface area (Å²) in [4.78, 5) is 7.56. The Balaban J connectivity index is 2.22. The van der Waals surface area contributed by atoms with Gasteiger partial charge >= 0.3 is 0 Å². The molecule has 2 aromatic carbocycles. The van der Waals surface area contributed by atoms with Gasteiger partial charge in [0.05, 0.1) is 11.0 Å². The van der Waals surface area contributed by atoms with Crippen LogP contribution in [0.2, 0.25) is 0 Å². The number of aromatic hydroxyl groups is 1. The number of imidazole rings is 1. The van der Waals surface area contributed by atoms with E-state index in [1.54, 1.807) is 24.3 Å². The number of nitrogens with two attached hydrogens (primary N) is 2. The Morgan fingerprint density at radius 1 is 1.06 bits per heavy atom. The highest BCUT2D eigenvalue weighted by Gasteiger charge is 2.09. The molecule has 0 aliphatic heterocycles. The first-order valence-corrected chi connectivity index (χ1v) is 5.47. The topological polar surface area (TPSA) is 101 Å². The van der Waals surface area contributed by atoms with Gasteiger partial charge in [-0.15, -0.1) is 0 Å². The largest absolute Gasteiger partial charge is 0.508 e. The molecule has 0 atom stereocenters. The minimum absolute atomic E-state index is 0.152. The number of fused-ring (bicyclic) bond motifs is 1. The number of aromatic amines is 1. The first kappa shape index (κ1) is 10.5. The highest BCUT2D eigenvalue weighted by atomic mass is 16.3. The van der Waals surface area contributed by atoms with Crippen LogP contribution < -0.4 is 11.5 Å². The highest BCUT2D eigenvalue weighted by molar-refractivity contribution is 5.84. The molecule has 0 aliphatic carbocycles. The lowest BCUT2D eigenvalue weighted by molar-refractivity contribution is 0.475. The Morgan fingerprint density at radius 2 is 1.89 bits per heavy atom. The fourth-order valence-corrected chi connectivity index (χ4v) is 1.90. The average molecular weight is 240 g/mol. The molecule has 0 saturated heterocycles. The molecule has 0 amide bonds. The van der Waals surface area contributed by atoms with Crippen molar-refractivity contribution in [3.63, 3.8) is 0 Å². The summed E-state index contributed by atoms with van der Waals surface area (Å²) in [5.41, 5.74) is 15.1. The van der Waals surface area contributed by atoms with E-state index >= 15 is 0 Å². The summed E-state index contributed by atoms with van der Waals surface area (Å²) in [6.45, 7) is 0. The third-order valence-corrected chi connectivity index (χ3v) is 2.80. The van der Waals surface area contributed by atoms with Crippen LogP contribution in [0.3, 0.4) is 0 Å². The third kappa shape index (κ3) is 1.62. The molecular weight excluding hydrogens is 228 g/mol. The molecule has 5 heteroatoms. The molecule has 3 aromatic rings. The Hall–Kier alpha value is -2.69. The number of aromatic nitrogens is 2. The van der Waals surface area contributed by atoms with E-state index in [-0.39, 0.29) is 5.75 Å². The molecule has 0 aliphatic rings. The molecule has 90 valence electrons. The molecule has 1 heterocycles. The number of nitrogen functional groups attached to an aromatic ring is 2. The van der Waals surface area contributed by atoms with Gasteiger partial charge in [-0.25, -0.2) is 4.98 Å². The van der Waals surface area contributed by atoms with Crippen LogP contribution in [0.5, 0.6) is 5.75 Å². The molecule has 0 spiro atoms. The number of H-pyrrole nitrogens is 1. The van der Waals surface area contributed by atoms with Crippen molar-refractivity contribution in [1.82, 2.24) is 9.97 Å². The van der Waals surface area contributed by atoms with Crippen LogP contribution >= 0.6 is 0 Å². The van der Waals surface area contributed by atoms with Gasteiger partial charge in [0.25, 0.3) is 0 Å². The highest BCUT2D eigenvalue weighted by Crippen LogP contribution is 2.29. The number of hydrogen-bond acceptors (Lipinski definition) is 4. The Morgan fingerprint density at radius 3 is 2.72 bits per heavy atom. The molecule has 6 N–H and O–H groups in total. The Kier molecular flexibility index (Phi) is 2.13. The molecule has 18 heavy (non-hydrogen) atoms. The zero-order valence-corrected chi connectivity index (χ0v) is 9.51. The van der Waals surface area contributed by atoms with Gasteiger partial charge in [-0.2, -0.15) is 0 Å². The van der Waals surface area contributed by atoms with Crippen molar-refractivity contribution in [2.24, 2.45) is 0 Å². The van der Waals surface area contributed by atoms with Gasteiger partial charge in [0.1, 0.15) is 11.6 Å². The SMILES string of the molecule is Nc1ccc2nc(-c3cc(O)ccc3N)[nH]c2c1. The molecule has 0 unspecified atom stereocenters. The van der Waals surface area contributed by atoms with Gasteiger partial charge in [0.15, 0.2) is 0 Å². The Labute approximate surface area is 103 Å². The lowest BCUT2D eigenvalue weighted by Crippen LogP contribution is -1.90. The second-order valence-corrected chi connectivity index (χ2v) is 4.13. The number of phenolic OH excluding ortho intramolecular Hbond substituents is 1. The molecule has 5 nitrogen and oxygen atoms in total. The van der Waals surface area contributed by atoms with Crippen LogP contribution in [0.25, 0.3) is 22.4 Å². The lowest BCUT2D eigenvalue weighted by atomic mass is 10.1. The number of hydrogen-bond donors (Lipinski definition) is 4. The van der Waals surface area contributed by atoms with E-state index in [0.29, 0.717) is 22.8 Å². The van der Waals surface area contributed by atoms with Gasteiger partial charge in [-0.1, -0.05) is 0 Å². The first-order valence-electron chi connectivity index (χ1n) is 5.47. The Bertz CT molecular complexity index is 733. The summed E-state index contributed by atoms with van der Waals surface area (Å²) < 4.78 is 0. The van der Waals surface area contributed by atoms with E-state index in [9.17, 15) is 5.11 Å². The number of rotatable bonds is 1. The second-order valence-electron chi connectivity index (χ2n) is 4.13. The summed E-state index contributed by atoms with van der Waals surface area (Å²) in [7, 11) is 0. The summed E-state index contributed by atoms with van der Waals surface area (Å²) in [5.74, 6) is 0.767. The number of benzene rings is 2. The number of phenols is 1. The fraction of sp³-hybridized carbons (Fsp3) is 0. The summed E-state index contributed by atoms with van der Waals surface area (Å²) in [5, 5.41) is 9.50. The van der Waals surface area contributed by atoms with Crippen molar-refractivity contribution in [1.29, 1.82) is 0 Å². The van der Waals surface area contributed by atoms with Crippen LogP contribution in [0.1, 0.15) is 0 Å². The molecule has 0 bridgehead atoms. The monoisotopic (exact) mass is 240 g/mol. The minimum atomic E-state index is 0.152. The second kappa shape index (κ2) is 3.66. The van der Waals surface area contributed by atoms with Crippen molar-refractivity contribution < 1.29 is 5.11 Å². The summed E-state index contributed by atoms with van der Waals surface area (Å²) in [6, 6.07) is 10.2. The van der Waals surface area contributed by atoms with Crippen LogP contribution in [0, 0.1) is 0 Å². The predicted octanol–water partition coefficient (Wildman–Crippen LogP) is 2.10. The fourth-order valence-electron chi connectivity index (χ4n) is 1.90. The van der Waals surface area contributed by atoms with Gasteiger partial charge in [-0.3, -0.25) is 0 Å². The quantitative estimate of drug-likeness (QED) is 0.386. The van der Waals surface area contributed by atoms with Crippen LogP contribution in [0.4, 0.5) is 11.4 Å². The first-order chi connectivity index (χ1) is 8.63. The van der Waals surface area contributed by atoms with Crippen LogP contribution in [-0.2, 0) is 0 Å². The van der Waals surface area contributed by atoms with Crippen molar-refractivity contribution in [3.05, 3.63) is 36.4 Å². The van der Waals surface area contributed by atoms with E-state index in [0.717, 1.165) is 11.0 Å². The molecular formula is C13H12N4O. The zero-order chi connectivity index (χ0) is 12.7. The zero-order valence-electron chi connectivity index (χ0n) is 9.51. The summed E-state index contributed by atoms with van der Waals surface area (Å²) in [6.07, 6.45) is 0. The molecule has 3 rings (SSSR count). The molecule has 1 aromatic heterocycles. The van der Waals surface area contributed by atoms with Crippen molar-refractivity contribution in [3.8, 4) is 17.1 Å². The van der Waals surface area contributed by atoms with Gasteiger partial charge in [0.2, 0.25) is 0 Å². The minimum Gasteiger partial charge on any atom is -0.508 e. The van der Waals surface area contributed by atoms with Crippen LogP contribution in [0.15, 0.2) is 36.4 Å². The maximum atomic E-state index is 9.50. The molecule has 0 radical (unpaired) electrons. The molecule has 0 saturated carbocycles. The number of nitrogens with zero attached hydrogens (tertiary/aromatic N) is 1. The average Bonchev–Trinajstić information content (AvgIpc) is 2.74. The van der Waals surface area contributed by atoms with E-state index in [1.807, 2.05) is 12.1 Å². The maximum absolute atomic E-state index is 9.50. The molecule has 0 fully saturated rings. The summed E-state index contributed by atoms with van der Waals surface area (Å²) >= 11 is 0. The smallest absolute Gasteiger partial charge is 0.140 e. The van der Waals surface area contributed by atoms with Crippen LogP contribution in [-0.4, -0.2) is 15.1 Å². The van der Waals surface area contributed by atoms with Crippen molar-refractivity contribution in [2.75, 3.05) is 11.5 Å². The maximum Gasteiger partial charge on any atom is 0.140 e. The van der Waals surface area contributed by atoms with E-state index in [4.69, 9.17) is 11.5 Å². The number of nitrogens with one attached hydrogen (secondary N) is 1.